The van der Waals surface area contributed by atoms with Gasteiger partial charge in [0.1, 0.15) is 6.04 Å². The molecule has 6 heteroatoms. The number of carbonyl (C=O) groups is 2. The van der Waals surface area contributed by atoms with E-state index in [-0.39, 0.29) is 36.2 Å². The van der Waals surface area contributed by atoms with Crippen molar-refractivity contribution in [1.82, 2.24) is 4.90 Å². The van der Waals surface area contributed by atoms with Crippen molar-refractivity contribution in [2.75, 3.05) is 6.54 Å². The molecule has 2 amide bonds. The number of nitrogens with two attached hydrogens (primary N) is 2. The number of hydrogen-bond donors (Lipinski definition) is 2. The van der Waals surface area contributed by atoms with Crippen molar-refractivity contribution in [3.63, 3.8) is 0 Å². The monoisotopic (exact) mass is 275 g/mol. The highest BCUT2D eigenvalue weighted by Crippen LogP contribution is 2.28. The van der Waals surface area contributed by atoms with Crippen LogP contribution in [0.3, 0.4) is 0 Å². The first-order chi connectivity index (χ1) is 8.09. The lowest BCUT2D eigenvalue weighted by Crippen LogP contribution is -2.52. The van der Waals surface area contributed by atoms with Crippen LogP contribution in [-0.4, -0.2) is 35.3 Å². The summed E-state index contributed by atoms with van der Waals surface area (Å²) in [5.41, 5.74) is 11.2. The van der Waals surface area contributed by atoms with Gasteiger partial charge in [0, 0.05) is 18.5 Å². The van der Waals surface area contributed by atoms with Gasteiger partial charge in [-0.3, -0.25) is 9.59 Å². The Labute approximate surface area is 114 Å². The Balaban J connectivity index is 0.00000162. The summed E-state index contributed by atoms with van der Waals surface area (Å²) in [6.45, 7) is 0.665. The van der Waals surface area contributed by atoms with Crippen molar-refractivity contribution in [3.05, 3.63) is 0 Å². The third-order valence-electron chi connectivity index (χ3n) is 3.94. The van der Waals surface area contributed by atoms with E-state index in [2.05, 4.69) is 0 Å². The fourth-order valence-corrected chi connectivity index (χ4v) is 2.97. The molecule has 0 bridgehead atoms. The van der Waals surface area contributed by atoms with Crippen LogP contribution in [0.25, 0.3) is 0 Å². The normalized spacial score (nSPS) is 31.8. The summed E-state index contributed by atoms with van der Waals surface area (Å²) >= 11 is 0. The van der Waals surface area contributed by atoms with Crippen LogP contribution in [0.15, 0.2) is 0 Å². The molecule has 2 rings (SSSR count). The lowest BCUT2D eigenvalue weighted by Gasteiger charge is -2.35. The van der Waals surface area contributed by atoms with Crippen LogP contribution in [-0.2, 0) is 9.59 Å². The average Bonchev–Trinajstić information content (AvgIpc) is 2.75. The van der Waals surface area contributed by atoms with Gasteiger partial charge >= 0.3 is 0 Å². The first-order valence-electron chi connectivity index (χ1n) is 6.45. The molecule has 1 heterocycles. The standard InChI is InChI=1S/C12H21N3O2.ClH/c13-9-5-4-8(7-9)12(17)15-6-2-1-3-10(15)11(14)16;/h8-10H,1-7,13H2,(H2,14,16);1H. The number of likely N-dealkylation sites (tertiary alicyclic amines) is 1. The lowest BCUT2D eigenvalue weighted by atomic mass is 9.98. The number of rotatable bonds is 2. The second kappa shape index (κ2) is 6.38. The molecule has 2 fully saturated rings. The molecular formula is C12H22ClN3O2. The molecule has 3 atom stereocenters. The van der Waals surface area contributed by atoms with Crippen LogP contribution in [0.1, 0.15) is 38.5 Å². The summed E-state index contributed by atoms with van der Waals surface area (Å²) in [6, 6.07) is -0.256. The quantitative estimate of drug-likeness (QED) is 0.764. The van der Waals surface area contributed by atoms with E-state index in [0.29, 0.717) is 13.0 Å². The Hall–Kier alpha value is -0.810. The van der Waals surface area contributed by atoms with E-state index in [0.717, 1.165) is 32.1 Å². The Bertz CT molecular complexity index is 324. The van der Waals surface area contributed by atoms with Gasteiger partial charge in [0.15, 0.2) is 0 Å². The maximum Gasteiger partial charge on any atom is 0.240 e. The zero-order chi connectivity index (χ0) is 12.4. The molecule has 1 saturated carbocycles. The summed E-state index contributed by atoms with van der Waals surface area (Å²) in [4.78, 5) is 25.4. The predicted molar refractivity (Wildman–Crippen MR) is 71.1 cm³/mol. The van der Waals surface area contributed by atoms with Gasteiger partial charge in [-0.15, -0.1) is 12.4 Å². The molecule has 104 valence electrons. The number of carbonyl (C=O) groups excluding carboxylic acids is 2. The summed E-state index contributed by atoms with van der Waals surface area (Å²) in [6.07, 6.45) is 5.16. The van der Waals surface area contributed by atoms with E-state index in [9.17, 15) is 9.59 Å². The van der Waals surface area contributed by atoms with Crippen LogP contribution in [0.2, 0.25) is 0 Å². The molecule has 1 aliphatic carbocycles. The Morgan fingerprint density at radius 3 is 2.39 bits per heavy atom. The van der Waals surface area contributed by atoms with Crippen LogP contribution >= 0.6 is 12.4 Å². The third kappa shape index (κ3) is 3.14. The van der Waals surface area contributed by atoms with Crippen molar-refractivity contribution in [3.8, 4) is 0 Å². The molecule has 4 N–H and O–H groups in total. The van der Waals surface area contributed by atoms with Crippen molar-refractivity contribution >= 4 is 24.2 Å². The minimum atomic E-state index is -0.395. The molecule has 1 aliphatic heterocycles. The van der Waals surface area contributed by atoms with E-state index in [1.807, 2.05) is 0 Å². The van der Waals surface area contributed by atoms with Crippen molar-refractivity contribution in [2.45, 2.75) is 50.6 Å². The number of halogens is 1. The first-order valence-corrected chi connectivity index (χ1v) is 6.45. The molecular weight excluding hydrogens is 254 g/mol. The second-order valence-corrected chi connectivity index (χ2v) is 5.22. The van der Waals surface area contributed by atoms with Crippen molar-refractivity contribution in [1.29, 1.82) is 0 Å². The fourth-order valence-electron chi connectivity index (χ4n) is 2.97. The first kappa shape index (κ1) is 15.2. The summed E-state index contributed by atoms with van der Waals surface area (Å²) in [7, 11) is 0. The lowest BCUT2D eigenvalue weighted by molar-refractivity contribution is -0.144. The number of piperidine rings is 1. The van der Waals surface area contributed by atoms with E-state index in [1.165, 1.54) is 0 Å². The molecule has 5 nitrogen and oxygen atoms in total. The number of nitrogens with zero attached hydrogens (tertiary/aromatic N) is 1. The van der Waals surface area contributed by atoms with E-state index in [1.54, 1.807) is 4.90 Å². The number of primary amides is 1. The maximum atomic E-state index is 12.3. The fraction of sp³-hybridized carbons (Fsp3) is 0.833. The van der Waals surface area contributed by atoms with Crippen molar-refractivity contribution in [2.24, 2.45) is 17.4 Å². The van der Waals surface area contributed by atoms with Gasteiger partial charge < -0.3 is 16.4 Å². The summed E-state index contributed by atoms with van der Waals surface area (Å²) < 4.78 is 0. The molecule has 0 aromatic carbocycles. The van der Waals surface area contributed by atoms with E-state index in [4.69, 9.17) is 11.5 Å². The molecule has 3 unspecified atom stereocenters. The molecule has 0 aromatic heterocycles. The third-order valence-corrected chi connectivity index (χ3v) is 3.94. The SMILES string of the molecule is Cl.NC(=O)C1CCCCN1C(=O)C1CCC(N)C1. The molecule has 18 heavy (non-hydrogen) atoms. The minimum absolute atomic E-state index is 0. The molecule has 0 spiro atoms. The molecule has 1 saturated heterocycles. The van der Waals surface area contributed by atoms with E-state index < -0.39 is 6.04 Å². The highest BCUT2D eigenvalue weighted by Gasteiger charge is 2.36. The van der Waals surface area contributed by atoms with Gasteiger partial charge in [-0.1, -0.05) is 0 Å². The number of hydrogen-bond acceptors (Lipinski definition) is 3. The zero-order valence-corrected chi connectivity index (χ0v) is 11.3. The van der Waals surface area contributed by atoms with Gasteiger partial charge in [-0.2, -0.15) is 0 Å². The van der Waals surface area contributed by atoms with Gasteiger partial charge in [0.05, 0.1) is 0 Å². The molecule has 0 aromatic rings. The number of amides is 2. The van der Waals surface area contributed by atoms with Crippen molar-refractivity contribution < 1.29 is 9.59 Å². The predicted octanol–water partition coefficient (Wildman–Crippen LogP) is 0.402. The van der Waals surface area contributed by atoms with Gasteiger partial charge in [-0.25, -0.2) is 0 Å². The van der Waals surface area contributed by atoms with E-state index >= 15 is 0 Å². The highest BCUT2D eigenvalue weighted by atomic mass is 35.5. The van der Waals surface area contributed by atoms with Gasteiger partial charge in [0.2, 0.25) is 11.8 Å². The summed E-state index contributed by atoms with van der Waals surface area (Å²) in [5, 5.41) is 0. The van der Waals surface area contributed by atoms with Crippen LogP contribution in [0.4, 0.5) is 0 Å². The largest absolute Gasteiger partial charge is 0.368 e. The maximum absolute atomic E-state index is 12.3. The van der Waals surface area contributed by atoms with Gasteiger partial charge in [0.25, 0.3) is 0 Å². The topological polar surface area (TPSA) is 89.4 Å². The van der Waals surface area contributed by atoms with Crippen LogP contribution in [0, 0.1) is 5.92 Å². The smallest absolute Gasteiger partial charge is 0.240 e. The minimum Gasteiger partial charge on any atom is -0.368 e. The van der Waals surface area contributed by atoms with Crippen LogP contribution < -0.4 is 11.5 Å². The molecule has 2 aliphatic rings. The second-order valence-electron chi connectivity index (χ2n) is 5.22. The average molecular weight is 276 g/mol. The zero-order valence-electron chi connectivity index (χ0n) is 10.5. The Kier molecular flexibility index (Phi) is 5.41. The van der Waals surface area contributed by atoms with Gasteiger partial charge in [-0.05, 0) is 38.5 Å². The molecule has 0 radical (unpaired) electrons. The Morgan fingerprint density at radius 1 is 1.11 bits per heavy atom. The van der Waals surface area contributed by atoms with Crippen LogP contribution in [0.5, 0.6) is 0 Å². The Morgan fingerprint density at radius 2 is 1.83 bits per heavy atom. The summed E-state index contributed by atoms with van der Waals surface area (Å²) in [5.74, 6) is -0.285. The highest BCUT2D eigenvalue weighted by molar-refractivity contribution is 5.88.